The molecule has 0 spiro atoms. The maximum absolute atomic E-state index is 12.9. The maximum Gasteiger partial charge on any atom is 0.334 e. The molecule has 0 bridgehead atoms. The van der Waals surface area contributed by atoms with Crippen LogP contribution in [0.2, 0.25) is 0 Å². The Kier molecular flexibility index (Phi) is 6.74. The zero-order valence-electron chi connectivity index (χ0n) is 15.7. The van der Waals surface area contributed by atoms with E-state index < -0.39 is 18.0 Å². The number of rotatable bonds is 9. The number of nitrogens with zero attached hydrogens (tertiary/aromatic N) is 2. The normalized spacial score (nSPS) is 13.4. The zero-order valence-corrected chi connectivity index (χ0v) is 15.7. The summed E-state index contributed by atoms with van der Waals surface area (Å²) in [5, 5.41) is 10.2. The van der Waals surface area contributed by atoms with Gasteiger partial charge in [0.15, 0.2) is 23.3 Å². The van der Waals surface area contributed by atoms with Crippen LogP contribution in [0.3, 0.4) is 0 Å². The Labute approximate surface area is 152 Å². The third kappa shape index (κ3) is 4.04. The van der Waals surface area contributed by atoms with Gasteiger partial charge in [-0.15, -0.1) is 0 Å². The van der Waals surface area contributed by atoms with E-state index in [9.17, 15) is 14.7 Å². The number of fused-ring (bicyclic) bond motifs is 1. The lowest BCUT2D eigenvalue weighted by molar-refractivity contribution is -0.153. The second-order valence-electron chi connectivity index (χ2n) is 6.19. The third-order valence-electron chi connectivity index (χ3n) is 4.35. The van der Waals surface area contributed by atoms with Crippen LogP contribution in [-0.2, 0) is 9.53 Å². The standard InChI is InChI=1S/C19H26N2O5/c1-5-8-13(17(23)19(24)25-4)11-14(22)16-12(3)20-18-15(26-6-2)9-7-10-21(16)18/h7,9-10,13,17,23H,5-6,8,11H2,1-4H3/t13?,17-/m1/s1. The van der Waals surface area contributed by atoms with Crippen molar-refractivity contribution in [3.8, 4) is 5.75 Å². The van der Waals surface area contributed by atoms with E-state index in [0.717, 1.165) is 6.42 Å². The molecule has 2 atom stereocenters. The molecule has 2 aromatic heterocycles. The van der Waals surface area contributed by atoms with E-state index >= 15 is 0 Å². The molecule has 0 fully saturated rings. The molecular weight excluding hydrogens is 336 g/mol. The van der Waals surface area contributed by atoms with E-state index in [1.54, 1.807) is 29.7 Å². The summed E-state index contributed by atoms with van der Waals surface area (Å²) in [6.07, 6.45) is 1.77. The minimum Gasteiger partial charge on any atom is -0.490 e. The molecule has 0 saturated carbocycles. The van der Waals surface area contributed by atoms with Gasteiger partial charge in [-0.3, -0.25) is 9.20 Å². The highest BCUT2D eigenvalue weighted by molar-refractivity contribution is 5.97. The lowest BCUT2D eigenvalue weighted by Gasteiger charge is -2.20. The van der Waals surface area contributed by atoms with E-state index in [-0.39, 0.29) is 12.2 Å². The highest BCUT2D eigenvalue weighted by atomic mass is 16.5. The minimum absolute atomic E-state index is 0.0393. The number of carbonyl (C=O) groups excluding carboxylic acids is 2. The molecule has 0 saturated heterocycles. The molecule has 0 aromatic carbocycles. The van der Waals surface area contributed by atoms with Crippen molar-refractivity contribution < 1.29 is 24.2 Å². The second kappa shape index (κ2) is 8.80. The van der Waals surface area contributed by atoms with Crippen LogP contribution in [0.5, 0.6) is 5.75 Å². The quantitative estimate of drug-likeness (QED) is 0.545. The smallest absolute Gasteiger partial charge is 0.334 e. The number of hydrogen-bond acceptors (Lipinski definition) is 6. The predicted octanol–water partition coefficient (Wildman–Crippen LogP) is 2.56. The Balaban J connectivity index is 2.35. The van der Waals surface area contributed by atoms with Gasteiger partial charge in [-0.2, -0.15) is 0 Å². The molecule has 2 heterocycles. The number of methoxy groups -OCH3 is 1. The SMILES string of the molecule is CCCC(CC(=O)c1c(C)nc2c(OCC)cccn12)[C@@H](O)C(=O)OC. The van der Waals surface area contributed by atoms with Crippen LogP contribution in [0.4, 0.5) is 0 Å². The fourth-order valence-corrected chi connectivity index (χ4v) is 3.15. The molecule has 0 aliphatic rings. The van der Waals surface area contributed by atoms with Gasteiger partial charge in [-0.1, -0.05) is 13.3 Å². The second-order valence-corrected chi connectivity index (χ2v) is 6.19. The lowest BCUT2D eigenvalue weighted by Crippen LogP contribution is -2.32. The number of esters is 1. The summed E-state index contributed by atoms with van der Waals surface area (Å²) in [5.41, 5.74) is 1.61. The van der Waals surface area contributed by atoms with Crippen molar-refractivity contribution in [2.24, 2.45) is 5.92 Å². The van der Waals surface area contributed by atoms with Crippen LogP contribution >= 0.6 is 0 Å². The number of aliphatic hydroxyl groups is 1. The number of Topliss-reactive ketones (excluding diaryl/α,β-unsaturated/α-hetero) is 1. The van der Waals surface area contributed by atoms with Gasteiger partial charge in [0.1, 0.15) is 5.69 Å². The van der Waals surface area contributed by atoms with Crippen molar-refractivity contribution in [2.45, 2.75) is 46.1 Å². The zero-order chi connectivity index (χ0) is 19.3. The largest absolute Gasteiger partial charge is 0.490 e. The number of aryl methyl sites for hydroxylation is 1. The molecule has 0 amide bonds. The van der Waals surface area contributed by atoms with Gasteiger partial charge in [-0.05, 0) is 32.4 Å². The lowest BCUT2D eigenvalue weighted by atomic mass is 9.90. The van der Waals surface area contributed by atoms with E-state index in [1.165, 1.54) is 7.11 Å². The van der Waals surface area contributed by atoms with Crippen molar-refractivity contribution in [3.05, 3.63) is 29.7 Å². The summed E-state index contributed by atoms with van der Waals surface area (Å²) in [5.74, 6) is -0.786. The molecule has 1 N–H and O–H groups in total. The van der Waals surface area contributed by atoms with Crippen LogP contribution in [0.25, 0.3) is 5.65 Å². The van der Waals surface area contributed by atoms with E-state index in [2.05, 4.69) is 9.72 Å². The van der Waals surface area contributed by atoms with Crippen LogP contribution in [0, 0.1) is 12.8 Å². The molecule has 26 heavy (non-hydrogen) atoms. The van der Waals surface area contributed by atoms with Crippen molar-refractivity contribution in [1.29, 1.82) is 0 Å². The first-order valence-corrected chi connectivity index (χ1v) is 8.84. The Morgan fingerprint density at radius 3 is 2.69 bits per heavy atom. The van der Waals surface area contributed by atoms with Gasteiger partial charge in [-0.25, -0.2) is 9.78 Å². The molecule has 1 unspecified atom stereocenters. The average molecular weight is 362 g/mol. The highest BCUT2D eigenvalue weighted by Gasteiger charge is 2.30. The first-order chi connectivity index (χ1) is 12.4. The summed E-state index contributed by atoms with van der Waals surface area (Å²) in [4.78, 5) is 29.1. The van der Waals surface area contributed by atoms with Gasteiger partial charge < -0.3 is 14.6 Å². The molecule has 0 radical (unpaired) electrons. The Morgan fingerprint density at radius 2 is 2.08 bits per heavy atom. The van der Waals surface area contributed by atoms with Gasteiger partial charge >= 0.3 is 5.97 Å². The number of aliphatic hydroxyl groups excluding tert-OH is 1. The average Bonchev–Trinajstić information content (AvgIpc) is 2.97. The summed E-state index contributed by atoms with van der Waals surface area (Å²) >= 11 is 0. The third-order valence-corrected chi connectivity index (χ3v) is 4.35. The number of imidazole rings is 1. The molecule has 142 valence electrons. The number of carbonyl (C=O) groups is 2. The Morgan fingerprint density at radius 1 is 1.35 bits per heavy atom. The molecule has 0 aliphatic carbocycles. The number of ketones is 1. The highest BCUT2D eigenvalue weighted by Crippen LogP contribution is 2.25. The molecule has 2 aromatic rings. The van der Waals surface area contributed by atoms with Gasteiger partial charge in [0.05, 0.1) is 19.4 Å². The van der Waals surface area contributed by atoms with Crippen molar-refractivity contribution in [2.75, 3.05) is 13.7 Å². The first-order valence-electron chi connectivity index (χ1n) is 8.84. The van der Waals surface area contributed by atoms with E-state index in [4.69, 9.17) is 4.74 Å². The number of pyridine rings is 1. The summed E-state index contributed by atoms with van der Waals surface area (Å²) < 4.78 is 11.9. The Bertz CT molecular complexity index is 784. The number of aromatic nitrogens is 2. The summed E-state index contributed by atoms with van der Waals surface area (Å²) in [7, 11) is 1.22. The molecule has 7 heteroatoms. The fourth-order valence-electron chi connectivity index (χ4n) is 3.15. The molecular formula is C19H26N2O5. The fraction of sp³-hybridized carbons (Fsp3) is 0.526. The molecule has 7 nitrogen and oxygen atoms in total. The van der Waals surface area contributed by atoms with Gasteiger partial charge in [0.2, 0.25) is 0 Å². The van der Waals surface area contributed by atoms with Crippen LogP contribution < -0.4 is 4.74 Å². The van der Waals surface area contributed by atoms with Gasteiger partial charge in [0.25, 0.3) is 0 Å². The Hall–Kier alpha value is -2.41. The van der Waals surface area contributed by atoms with Crippen molar-refractivity contribution >= 4 is 17.4 Å². The van der Waals surface area contributed by atoms with Crippen LogP contribution in [0.15, 0.2) is 18.3 Å². The van der Waals surface area contributed by atoms with Gasteiger partial charge in [0, 0.05) is 18.5 Å². The number of ether oxygens (including phenoxy) is 2. The van der Waals surface area contributed by atoms with Crippen LogP contribution in [-0.4, -0.2) is 46.1 Å². The predicted molar refractivity (Wildman–Crippen MR) is 96.5 cm³/mol. The minimum atomic E-state index is -1.32. The van der Waals surface area contributed by atoms with E-state index in [0.29, 0.717) is 35.8 Å². The van der Waals surface area contributed by atoms with E-state index in [1.807, 2.05) is 13.8 Å². The first kappa shape index (κ1) is 19.9. The van der Waals surface area contributed by atoms with Crippen molar-refractivity contribution in [1.82, 2.24) is 9.38 Å². The van der Waals surface area contributed by atoms with Crippen LogP contribution in [0.1, 0.15) is 49.3 Å². The topological polar surface area (TPSA) is 90.1 Å². The monoisotopic (exact) mass is 362 g/mol. The molecule has 2 rings (SSSR count). The summed E-state index contributed by atoms with van der Waals surface area (Å²) in [6.45, 7) is 6.09. The van der Waals surface area contributed by atoms with Crippen molar-refractivity contribution in [3.63, 3.8) is 0 Å². The number of hydrogen-bond donors (Lipinski definition) is 1. The maximum atomic E-state index is 12.9. The summed E-state index contributed by atoms with van der Waals surface area (Å²) in [6, 6.07) is 3.60. The molecule has 0 aliphatic heterocycles.